The maximum absolute atomic E-state index is 2.58. The maximum Gasteiger partial charge on any atom is 0.0540 e. The summed E-state index contributed by atoms with van der Waals surface area (Å²) >= 11 is 0. The fourth-order valence-corrected chi connectivity index (χ4v) is 12.8. The molecule has 0 N–H and O–H groups in total. The number of hydrogen-bond acceptors (Lipinski definition) is 1. The van der Waals surface area contributed by atoms with Crippen molar-refractivity contribution in [2.45, 2.75) is 49.9 Å². The quantitative estimate of drug-likeness (QED) is 0.167. The molecule has 0 amide bonds. The molecular formula is C62H47N. The van der Waals surface area contributed by atoms with Crippen LogP contribution in [0.1, 0.15) is 77.3 Å². The minimum Gasteiger partial charge on any atom is -0.310 e. The Bertz CT molecular complexity index is 3350. The summed E-state index contributed by atoms with van der Waals surface area (Å²) < 4.78 is 0. The summed E-state index contributed by atoms with van der Waals surface area (Å²) in [5.74, 6) is 0. The molecule has 300 valence electrons. The summed E-state index contributed by atoms with van der Waals surface area (Å²) in [5, 5.41) is 0. The number of rotatable bonds is 5. The fraction of sp³-hybridized carbons (Fsp3) is 0.129. The first-order chi connectivity index (χ1) is 30.9. The van der Waals surface area contributed by atoms with Crippen LogP contribution in [-0.2, 0) is 22.7 Å². The average Bonchev–Trinajstić information content (AvgIpc) is 4.02. The minimum absolute atomic E-state index is 0.168. The van der Waals surface area contributed by atoms with Crippen molar-refractivity contribution < 1.29 is 0 Å². The number of hydrogen-bond donors (Lipinski definition) is 0. The Morgan fingerprint density at radius 2 is 0.857 bits per heavy atom. The lowest BCUT2D eigenvalue weighted by molar-refractivity contribution is 0.626. The Balaban J connectivity index is 1.08. The third kappa shape index (κ3) is 4.83. The first-order valence-electron chi connectivity index (χ1n) is 22.6. The molecule has 1 nitrogen and oxygen atoms in total. The van der Waals surface area contributed by atoms with Crippen molar-refractivity contribution in [3.8, 4) is 44.5 Å². The van der Waals surface area contributed by atoms with Crippen molar-refractivity contribution in [1.29, 1.82) is 0 Å². The highest BCUT2D eigenvalue weighted by molar-refractivity contribution is 5.97. The summed E-state index contributed by atoms with van der Waals surface area (Å²) in [6.45, 7) is 7.23. The normalized spacial score (nSPS) is 18.8. The molecule has 0 radical (unpaired) electrons. The van der Waals surface area contributed by atoms with Crippen LogP contribution in [0, 0.1) is 0 Å². The van der Waals surface area contributed by atoms with Crippen molar-refractivity contribution in [3.63, 3.8) is 0 Å². The van der Waals surface area contributed by atoms with E-state index in [9.17, 15) is 0 Å². The van der Waals surface area contributed by atoms with Crippen molar-refractivity contribution in [3.05, 3.63) is 256 Å². The summed E-state index contributed by atoms with van der Waals surface area (Å²) in [6.07, 6.45) is 2.14. The molecule has 2 atom stereocenters. The third-order valence-electron chi connectivity index (χ3n) is 15.6. The average molecular weight is 806 g/mol. The van der Waals surface area contributed by atoms with Crippen LogP contribution in [0.15, 0.2) is 206 Å². The van der Waals surface area contributed by atoms with Crippen LogP contribution in [-0.4, -0.2) is 0 Å². The Morgan fingerprint density at radius 3 is 1.59 bits per heavy atom. The number of benzene rings is 9. The first-order valence-corrected chi connectivity index (χ1v) is 22.6. The molecule has 9 aromatic carbocycles. The second-order valence-corrected chi connectivity index (χ2v) is 18.9. The molecule has 0 aliphatic heterocycles. The zero-order valence-electron chi connectivity index (χ0n) is 36.0. The highest BCUT2D eigenvalue weighted by Gasteiger charge is 2.49. The molecule has 1 spiro atoms. The zero-order chi connectivity index (χ0) is 42.1. The summed E-state index contributed by atoms with van der Waals surface area (Å²) in [5.41, 5.74) is 25.9. The van der Waals surface area contributed by atoms with Crippen LogP contribution in [0.4, 0.5) is 17.1 Å². The van der Waals surface area contributed by atoms with Gasteiger partial charge in [0.15, 0.2) is 0 Å². The van der Waals surface area contributed by atoms with E-state index in [-0.39, 0.29) is 16.2 Å². The number of aryl methyl sites for hydroxylation is 1. The lowest BCUT2D eigenvalue weighted by Crippen LogP contribution is -2.24. The molecule has 0 aromatic heterocycles. The fourth-order valence-electron chi connectivity index (χ4n) is 12.8. The van der Waals surface area contributed by atoms with E-state index in [1.54, 1.807) is 0 Å². The molecule has 4 aliphatic carbocycles. The predicted molar refractivity (Wildman–Crippen MR) is 262 cm³/mol. The number of anilines is 3. The van der Waals surface area contributed by atoms with Gasteiger partial charge in [-0.05, 0) is 139 Å². The molecule has 1 heteroatoms. The molecule has 2 unspecified atom stereocenters. The van der Waals surface area contributed by atoms with Gasteiger partial charge in [-0.25, -0.2) is 0 Å². The van der Waals surface area contributed by atoms with Gasteiger partial charge in [-0.15, -0.1) is 0 Å². The molecule has 4 aliphatic rings. The monoisotopic (exact) mass is 805 g/mol. The van der Waals surface area contributed by atoms with E-state index in [1.807, 2.05) is 0 Å². The lowest BCUT2D eigenvalue weighted by atomic mass is 9.73. The van der Waals surface area contributed by atoms with E-state index in [1.165, 1.54) is 106 Å². The van der Waals surface area contributed by atoms with Crippen molar-refractivity contribution >= 4 is 17.1 Å². The molecule has 13 rings (SSSR count). The molecule has 0 fully saturated rings. The van der Waals surface area contributed by atoms with Crippen molar-refractivity contribution in [2.75, 3.05) is 4.90 Å². The smallest absolute Gasteiger partial charge is 0.0540 e. The van der Waals surface area contributed by atoms with E-state index >= 15 is 0 Å². The van der Waals surface area contributed by atoms with Crippen LogP contribution in [0.2, 0.25) is 0 Å². The van der Waals surface area contributed by atoms with Gasteiger partial charge in [0.05, 0.1) is 5.69 Å². The maximum atomic E-state index is 2.58. The van der Waals surface area contributed by atoms with Gasteiger partial charge in [-0.3, -0.25) is 0 Å². The molecular weight excluding hydrogens is 759 g/mol. The standard InChI is InChI=1S/C62H47N/c1-60(2)53-28-13-8-23-46(53)50-25-17-26-51(59(50)60)49-24-11-16-31-58(49)63(42-32-34-47-44-21-9-14-29-54(44)61(3,56(47)38-42)41-19-5-4-6-20-41)43-33-35-48-45-22-10-15-30-55(45)62(57(48)39-43)37-36-40-18-7-12-27-52(40)62/h4-35,38-39H,36-37H2,1-3H3. The molecule has 0 heterocycles. The van der Waals surface area contributed by atoms with Crippen molar-refractivity contribution in [2.24, 2.45) is 0 Å². The third-order valence-corrected chi connectivity index (χ3v) is 15.6. The zero-order valence-corrected chi connectivity index (χ0v) is 36.0. The van der Waals surface area contributed by atoms with Gasteiger partial charge in [0.1, 0.15) is 0 Å². The second-order valence-electron chi connectivity index (χ2n) is 18.9. The second kappa shape index (κ2) is 13.1. The topological polar surface area (TPSA) is 3.24 Å². The van der Waals surface area contributed by atoms with Gasteiger partial charge in [0, 0.05) is 33.2 Å². The Labute approximate surface area is 371 Å². The van der Waals surface area contributed by atoms with Gasteiger partial charge in [0.25, 0.3) is 0 Å². The SMILES string of the molecule is CC1(C)c2ccccc2-c2cccc(-c3ccccc3N(c3ccc4c(c3)C(C)(c3ccccc3)c3ccccc3-4)c3ccc4c(c3)C3(CCc5ccccc53)c3ccccc3-4)c21. The highest BCUT2D eigenvalue weighted by Crippen LogP contribution is 2.61. The van der Waals surface area contributed by atoms with Crippen LogP contribution >= 0.6 is 0 Å². The summed E-state index contributed by atoms with van der Waals surface area (Å²) in [6, 6.07) is 78.3. The van der Waals surface area contributed by atoms with Crippen LogP contribution in [0.5, 0.6) is 0 Å². The van der Waals surface area contributed by atoms with Crippen LogP contribution < -0.4 is 4.90 Å². The summed E-state index contributed by atoms with van der Waals surface area (Å²) in [7, 11) is 0. The van der Waals surface area contributed by atoms with Crippen LogP contribution in [0.3, 0.4) is 0 Å². The van der Waals surface area contributed by atoms with E-state index in [0.717, 1.165) is 18.5 Å². The molecule has 0 saturated carbocycles. The van der Waals surface area contributed by atoms with Gasteiger partial charge in [-0.2, -0.15) is 0 Å². The van der Waals surface area contributed by atoms with E-state index in [0.29, 0.717) is 0 Å². The lowest BCUT2D eigenvalue weighted by Gasteiger charge is -2.33. The number of nitrogens with zero attached hydrogens (tertiary/aromatic N) is 1. The number of fused-ring (bicyclic) bond motifs is 13. The summed E-state index contributed by atoms with van der Waals surface area (Å²) in [4.78, 5) is 2.58. The Hall–Kier alpha value is -7.22. The highest BCUT2D eigenvalue weighted by atomic mass is 15.1. The van der Waals surface area contributed by atoms with Crippen molar-refractivity contribution in [1.82, 2.24) is 0 Å². The molecule has 0 bridgehead atoms. The Kier molecular flexibility index (Phi) is 7.60. The molecule has 0 saturated heterocycles. The van der Waals surface area contributed by atoms with E-state index in [4.69, 9.17) is 0 Å². The van der Waals surface area contributed by atoms with Crippen LogP contribution in [0.25, 0.3) is 44.5 Å². The molecule has 9 aromatic rings. The predicted octanol–water partition coefficient (Wildman–Crippen LogP) is 15.7. The number of para-hydroxylation sites is 1. The first kappa shape index (κ1) is 36.4. The van der Waals surface area contributed by atoms with Gasteiger partial charge < -0.3 is 4.90 Å². The van der Waals surface area contributed by atoms with Gasteiger partial charge >= 0.3 is 0 Å². The largest absolute Gasteiger partial charge is 0.310 e. The minimum atomic E-state index is -0.332. The van der Waals surface area contributed by atoms with Gasteiger partial charge in [0.2, 0.25) is 0 Å². The van der Waals surface area contributed by atoms with E-state index in [2.05, 4.69) is 232 Å². The molecule has 63 heavy (non-hydrogen) atoms. The Morgan fingerprint density at radius 1 is 0.365 bits per heavy atom. The van der Waals surface area contributed by atoms with Gasteiger partial charge in [-0.1, -0.05) is 190 Å². The van der Waals surface area contributed by atoms with E-state index < -0.39 is 0 Å².